The highest BCUT2D eigenvalue weighted by Gasteiger charge is 2.00. The predicted octanol–water partition coefficient (Wildman–Crippen LogP) is 1.06. The highest BCUT2D eigenvalue weighted by Crippen LogP contribution is 2.05. The molecule has 1 aromatic rings. The van der Waals surface area contributed by atoms with Crippen molar-refractivity contribution >= 4 is 6.29 Å². The first-order chi connectivity index (χ1) is 5.72. The molecule has 0 saturated heterocycles. The van der Waals surface area contributed by atoms with E-state index in [2.05, 4.69) is 0 Å². The zero-order valence-electron chi connectivity index (χ0n) is 7.16. The van der Waals surface area contributed by atoms with Crippen LogP contribution in [0.1, 0.15) is 11.1 Å². The number of carbonyl (C=O) groups excluding carboxylic acids is 1. The molecule has 2 N–H and O–H groups in total. The molecule has 1 atom stereocenters. The van der Waals surface area contributed by atoms with Gasteiger partial charge in [-0.05, 0) is 18.9 Å². The first-order valence-electron chi connectivity index (χ1n) is 3.99. The molecule has 1 unspecified atom stereocenters. The predicted molar refractivity (Wildman–Crippen MR) is 48.9 cm³/mol. The third-order valence-corrected chi connectivity index (χ3v) is 1.73. The molecule has 0 fully saturated rings. The lowest BCUT2D eigenvalue weighted by atomic mass is 10.1. The molecule has 12 heavy (non-hydrogen) atoms. The first kappa shape index (κ1) is 8.94. The van der Waals surface area contributed by atoms with E-state index in [1.165, 1.54) is 5.56 Å². The Morgan fingerprint density at radius 3 is 2.92 bits per heavy atom. The van der Waals surface area contributed by atoms with Crippen LogP contribution in [-0.4, -0.2) is 12.3 Å². The van der Waals surface area contributed by atoms with Gasteiger partial charge in [-0.25, -0.2) is 0 Å². The molecule has 1 rings (SSSR count). The Labute approximate surface area is 72.4 Å². The van der Waals surface area contributed by atoms with Crippen LogP contribution in [0.2, 0.25) is 0 Å². The van der Waals surface area contributed by atoms with Crippen molar-refractivity contribution in [3.63, 3.8) is 0 Å². The van der Waals surface area contributed by atoms with E-state index in [9.17, 15) is 4.79 Å². The topological polar surface area (TPSA) is 43.1 Å². The van der Waals surface area contributed by atoms with Gasteiger partial charge < -0.3 is 10.5 Å². The van der Waals surface area contributed by atoms with Crippen molar-refractivity contribution in [2.75, 3.05) is 0 Å². The van der Waals surface area contributed by atoms with Crippen LogP contribution in [-0.2, 0) is 11.2 Å². The second-order valence-electron chi connectivity index (χ2n) is 2.99. The van der Waals surface area contributed by atoms with Crippen LogP contribution in [0.3, 0.4) is 0 Å². The van der Waals surface area contributed by atoms with Crippen molar-refractivity contribution in [2.45, 2.75) is 19.4 Å². The summed E-state index contributed by atoms with van der Waals surface area (Å²) in [5, 5.41) is 0. The van der Waals surface area contributed by atoms with E-state index in [0.29, 0.717) is 6.42 Å². The van der Waals surface area contributed by atoms with Gasteiger partial charge in [0.1, 0.15) is 6.29 Å². The summed E-state index contributed by atoms with van der Waals surface area (Å²) in [4.78, 5) is 10.3. The van der Waals surface area contributed by atoms with Gasteiger partial charge in [0, 0.05) is 0 Å². The van der Waals surface area contributed by atoms with Crippen LogP contribution < -0.4 is 5.73 Å². The number of hydrogen-bond acceptors (Lipinski definition) is 2. The van der Waals surface area contributed by atoms with Gasteiger partial charge in [0.05, 0.1) is 6.04 Å². The average molecular weight is 163 g/mol. The molecular formula is C10H13NO. The van der Waals surface area contributed by atoms with Crippen LogP contribution >= 0.6 is 0 Å². The van der Waals surface area contributed by atoms with Crippen LogP contribution in [0.25, 0.3) is 0 Å². The Morgan fingerprint density at radius 1 is 1.58 bits per heavy atom. The second kappa shape index (κ2) is 4.02. The maximum atomic E-state index is 10.3. The van der Waals surface area contributed by atoms with Gasteiger partial charge in [-0.15, -0.1) is 0 Å². The molecule has 0 aliphatic heterocycles. The Balaban J connectivity index is 2.69. The Kier molecular flexibility index (Phi) is 3.00. The van der Waals surface area contributed by atoms with Crippen molar-refractivity contribution in [3.8, 4) is 0 Å². The summed E-state index contributed by atoms with van der Waals surface area (Å²) in [5.41, 5.74) is 7.81. The number of aldehydes is 1. The minimum atomic E-state index is -0.369. The van der Waals surface area contributed by atoms with Crippen LogP contribution in [0, 0.1) is 6.92 Å². The summed E-state index contributed by atoms with van der Waals surface area (Å²) >= 11 is 0. The number of aryl methyl sites for hydroxylation is 1. The first-order valence-corrected chi connectivity index (χ1v) is 3.99. The fourth-order valence-corrected chi connectivity index (χ4v) is 1.16. The number of hydrogen-bond donors (Lipinski definition) is 1. The molecule has 0 aliphatic rings. The van der Waals surface area contributed by atoms with Gasteiger partial charge >= 0.3 is 0 Å². The normalized spacial score (nSPS) is 12.5. The maximum absolute atomic E-state index is 10.3. The number of benzene rings is 1. The minimum Gasteiger partial charge on any atom is -0.321 e. The lowest BCUT2D eigenvalue weighted by Crippen LogP contribution is -2.23. The molecule has 2 nitrogen and oxygen atoms in total. The zero-order valence-corrected chi connectivity index (χ0v) is 7.16. The number of carbonyl (C=O) groups is 1. The third-order valence-electron chi connectivity index (χ3n) is 1.73. The van der Waals surface area contributed by atoms with E-state index in [-0.39, 0.29) is 6.04 Å². The van der Waals surface area contributed by atoms with Gasteiger partial charge in [0.2, 0.25) is 0 Å². The van der Waals surface area contributed by atoms with Gasteiger partial charge in [-0.3, -0.25) is 0 Å². The largest absolute Gasteiger partial charge is 0.321 e. The fourth-order valence-electron chi connectivity index (χ4n) is 1.16. The van der Waals surface area contributed by atoms with E-state index in [1.54, 1.807) is 0 Å². The summed E-state index contributed by atoms with van der Waals surface area (Å²) in [6.45, 7) is 2.02. The van der Waals surface area contributed by atoms with Gasteiger partial charge in [0.25, 0.3) is 0 Å². The SMILES string of the molecule is Cc1cccc(CC(N)C=O)c1. The van der Waals surface area contributed by atoms with Gasteiger partial charge in [-0.2, -0.15) is 0 Å². The third kappa shape index (κ3) is 2.47. The average Bonchev–Trinajstić information content (AvgIpc) is 2.04. The molecule has 0 saturated carbocycles. The Bertz CT molecular complexity index is 270. The molecule has 0 radical (unpaired) electrons. The van der Waals surface area contributed by atoms with Gasteiger partial charge in [0.15, 0.2) is 0 Å². The smallest absolute Gasteiger partial charge is 0.137 e. The summed E-state index contributed by atoms with van der Waals surface area (Å²) in [6.07, 6.45) is 1.41. The summed E-state index contributed by atoms with van der Waals surface area (Å²) < 4.78 is 0. The molecular weight excluding hydrogens is 150 g/mol. The van der Waals surface area contributed by atoms with E-state index in [0.717, 1.165) is 11.8 Å². The van der Waals surface area contributed by atoms with E-state index in [4.69, 9.17) is 5.73 Å². The van der Waals surface area contributed by atoms with E-state index >= 15 is 0 Å². The number of nitrogens with two attached hydrogens (primary N) is 1. The molecule has 0 bridgehead atoms. The lowest BCUT2D eigenvalue weighted by Gasteiger charge is -2.04. The van der Waals surface area contributed by atoms with Crippen LogP contribution in [0.15, 0.2) is 24.3 Å². The highest BCUT2D eigenvalue weighted by atomic mass is 16.1. The van der Waals surface area contributed by atoms with Crippen LogP contribution in [0.5, 0.6) is 0 Å². The summed E-state index contributed by atoms with van der Waals surface area (Å²) in [5.74, 6) is 0. The molecule has 0 amide bonds. The van der Waals surface area contributed by atoms with Crippen molar-refractivity contribution in [1.82, 2.24) is 0 Å². The number of rotatable bonds is 3. The molecule has 1 aromatic carbocycles. The molecule has 2 heteroatoms. The molecule has 0 heterocycles. The highest BCUT2D eigenvalue weighted by molar-refractivity contribution is 5.57. The Morgan fingerprint density at radius 2 is 2.33 bits per heavy atom. The summed E-state index contributed by atoms with van der Waals surface area (Å²) in [6, 6.07) is 7.66. The molecule has 64 valence electrons. The second-order valence-corrected chi connectivity index (χ2v) is 2.99. The lowest BCUT2D eigenvalue weighted by molar-refractivity contribution is -0.108. The molecule has 0 spiro atoms. The van der Waals surface area contributed by atoms with E-state index < -0.39 is 0 Å². The minimum absolute atomic E-state index is 0.369. The fraction of sp³-hybridized carbons (Fsp3) is 0.300. The zero-order chi connectivity index (χ0) is 8.97. The van der Waals surface area contributed by atoms with Gasteiger partial charge in [-0.1, -0.05) is 29.8 Å². The van der Waals surface area contributed by atoms with Crippen molar-refractivity contribution < 1.29 is 4.79 Å². The molecule has 0 aliphatic carbocycles. The van der Waals surface area contributed by atoms with Crippen molar-refractivity contribution in [3.05, 3.63) is 35.4 Å². The van der Waals surface area contributed by atoms with E-state index in [1.807, 2.05) is 31.2 Å². The Hall–Kier alpha value is -1.15. The molecule has 0 aromatic heterocycles. The monoisotopic (exact) mass is 163 g/mol. The van der Waals surface area contributed by atoms with Crippen LogP contribution in [0.4, 0.5) is 0 Å². The quantitative estimate of drug-likeness (QED) is 0.677. The summed E-state index contributed by atoms with van der Waals surface area (Å²) in [7, 11) is 0. The standard InChI is InChI=1S/C10H13NO/c1-8-3-2-4-9(5-8)6-10(11)7-12/h2-5,7,10H,6,11H2,1H3. The van der Waals surface area contributed by atoms with Crippen molar-refractivity contribution in [1.29, 1.82) is 0 Å². The maximum Gasteiger partial charge on any atom is 0.137 e. The van der Waals surface area contributed by atoms with Crippen molar-refractivity contribution in [2.24, 2.45) is 5.73 Å².